The lowest BCUT2D eigenvalue weighted by Gasteiger charge is -2.26. The summed E-state index contributed by atoms with van der Waals surface area (Å²) in [5.74, 6) is -0.790. The summed E-state index contributed by atoms with van der Waals surface area (Å²) in [5.41, 5.74) is 5.13. The Morgan fingerprint density at radius 1 is 1.10 bits per heavy atom. The number of piperidine rings is 1. The minimum Gasteiger partial charge on any atom is -0.366 e. The van der Waals surface area contributed by atoms with Crippen molar-refractivity contribution in [2.45, 2.75) is 24.2 Å². The SMILES string of the molecule is NC(=O)c1cc(S(=O)(=O)N2CCCCC2)c(Cl)cc1Cl. The highest BCUT2D eigenvalue weighted by Crippen LogP contribution is 2.31. The molecule has 0 radical (unpaired) electrons. The Balaban J connectivity index is 2.50. The van der Waals surface area contributed by atoms with E-state index < -0.39 is 15.9 Å². The molecular formula is C12H14Cl2N2O3S. The number of nitrogens with zero attached hydrogens (tertiary/aromatic N) is 1. The van der Waals surface area contributed by atoms with E-state index in [-0.39, 0.29) is 20.5 Å². The van der Waals surface area contributed by atoms with Crippen LogP contribution < -0.4 is 5.73 Å². The molecule has 0 spiro atoms. The van der Waals surface area contributed by atoms with Crippen molar-refractivity contribution in [2.75, 3.05) is 13.1 Å². The molecule has 1 aromatic carbocycles. The van der Waals surface area contributed by atoms with Crippen LogP contribution in [0.3, 0.4) is 0 Å². The van der Waals surface area contributed by atoms with E-state index in [1.807, 2.05) is 0 Å². The predicted octanol–water partition coefficient (Wildman–Crippen LogP) is 2.27. The molecule has 0 bridgehead atoms. The second-order valence-electron chi connectivity index (χ2n) is 4.59. The van der Waals surface area contributed by atoms with Crippen molar-refractivity contribution in [3.63, 3.8) is 0 Å². The zero-order valence-corrected chi connectivity index (χ0v) is 12.9. The Morgan fingerprint density at radius 3 is 2.25 bits per heavy atom. The van der Waals surface area contributed by atoms with E-state index in [9.17, 15) is 13.2 Å². The monoisotopic (exact) mass is 336 g/mol. The van der Waals surface area contributed by atoms with Crippen LogP contribution >= 0.6 is 23.2 Å². The lowest BCUT2D eigenvalue weighted by Crippen LogP contribution is -2.35. The van der Waals surface area contributed by atoms with Crippen LogP contribution in [0.4, 0.5) is 0 Å². The van der Waals surface area contributed by atoms with Crippen LogP contribution in [-0.4, -0.2) is 31.7 Å². The Hall–Kier alpha value is -0.820. The molecule has 20 heavy (non-hydrogen) atoms. The summed E-state index contributed by atoms with van der Waals surface area (Å²) in [7, 11) is -3.73. The van der Waals surface area contributed by atoms with Crippen molar-refractivity contribution in [3.05, 3.63) is 27.7 Å². The molecule has 8 heteroatoms. The summed E-state index contributed by atoms with van der Waals surface area (Å²) >= 11 is 11.8. The highest BCUT2D eigenvalue weighted by molar-refractivity contribution is 7.89. The quantitative estimate of drug-likeness (QED) is 0.919. The molecule has 1 fully saturated rings. The lowest BCUT2D eigenvalue weighted by atomic mass is 10.2. The number of carbonyl (C=O) groups excluding carboxylic acids is 1. The first kappa shape index (κ1) is 15.6. The summed E-state index contributed by atoms with van der Waals surface area (Å²) in [5, 5.41) is 0.0330. The largest absolute Gasteiger partial charge is 0.366 e. The molecule has 2 N–H and O–H groups in total. The summed E-state index contributed by atoms with van der Waals surface area (Å²) < 4.78 is 26.5. The topological polar surface area (TPSA) is 80.5 Å². The molecule has 0 aromatic heterocycles. The first-order valence-electron chi connectivity index (χ1n) is 6.13. The number of nitrogens with two attached hydrogens (primary N) is 1. The zero-order chi connectivity index (χ0) is 14.9. The number of benzene rings is 1. The third kappa shape index (κ3) is 2.93. The maximum absolute atomic E-state index is 12.5. The van der Waals surface area contributed by atoms with Gasteiger partial charge in [-0.05, 0) is 25.0 Å². The van der Waals surface area contributed by atoms with Crippen molar-refractivity contribution in [2.24, 2.45) is 5.73 Å². The Morgan fingerprint density at radius 2 is 1.70 bits per heavy atom. The van der Waals surface area contributed by atoms with Gasteiger partial charge < -0.3 is 5.73 Å². The van der Waals surface area contributed by atoms with Gasteiger partial charge in [-0.1, -0.05) is 29.6 Å². The first-order chi connectivity index (χ1) is 9.34. The van der Waals surface area contributed by atoms with E-state index in [0.29, 0.717) is 13.1 Å². The number of hydrogen-bond acceptors (Lipinski definition) is 3. The van der Waals surface area contributed by atoms with Crippen molar-refractivity contribution < 1.29 is 13.2 Å². The minimum atomic E-state index is -3.73. The standard InChI is InChI=1S/C12H14Cl2N2O3S/c13-9-7-10(14)11(6-8(9)12(15)17)20(18,19)16-4-2-1-3-5-16/h6-7H,1-5H2,(H2,15,17). The number of amides is 1. The number of sulfonamides is 1. The summed E-state index contributed by atoms with van der Waals surface area (Å²) in [6, 6.07) is 2.39. The van der Waals surface area contributed by atoms with Crippen LogP contribution in [0.5, 0.6) is 0 Å². The van der Waals surface area contributed by atoms with Crippen LogP contribution in [0.1, 0.15) is 29.6 Å². The van der Waals surface area contributed by atoms with Gasteiger partial charge in [-0.2, -0.15) is 4.31 Å². The molecule has 2 rings (SSSR count). The van der Waals surface area contributed by atoms with Crippen LogP contribution in [0, 0.1) is 0 Å². The highest BCUT2D eigenvalue weighted by atomic mass is 35.5. The van der Waals surface area contributed by atoms with Crippen LogP contribution in [-0.2, 0) is 10.0 Å². The van der Waals surface area contributed by atoms with Gasteiger partial charge in [0.2, 0.25) is 15.9 Å². The summed E-state index contributed by atoms with van der Waals surface area (Å²) in [4.78, 5) is 11.1. The normalized spacial score (nSPS) is 17.1. The van der Waals surface area contributed by atoms with E-state index in [2.05, 4.69) is 0 Å². The van der Waals surface area contributed by atoms with Gasteiger partial charge >= 0.3 is 0 Å². The highest BCUT2D eigenvalue weighted by Gasteiger charge is 2.29. The minimum absolute atomic E-state index is 0.00873. The second-order valence-corrected chi connectivity index (χ2v) is 7.31. The summed E-state index contributed by atoms with van der Waals surface area (Å²) in [6.07, 6.45) is 2.63. The zero-order valence-electron chi connectivity index (χ0n) is 10.6. The van der Waals surface area contributed by atoms with Crippen LogP contribution in [0.2, 0.25) is 10.0 Å². The number of primary amides is 1. The molecule has 0 unspecified atom stereocenters. The molecule has 1 aliphatic heterocycles. The van der Waals surface area contributed by atoms with Crippen molar-refractivity contribution >= 4 is 39.1 Å². The van der Waals surface area contributed by atoms with E-state index in [4.69, 9.17) is 28.9 Å². The van der Waals surface area contributed by atoms with E-state index in [1.165, 1.54) is 10.4 Å². The third-order valence-corrected chi connectivity index (χ3v) is 5.90. The molecule has 1 aliphatic rings. The van der Waals surface area contributed by atoms with E-state index in [0.717, 1.165) is 25.3 Å². The maximum atomic E-state index is 12.5. The molecule has 1 saturated heterocycles. The van der Waals surface area contributed by atoms with Gasteiger partial charge in [0, 0.05) is 13.1 Å². The van der Waals surface area contributed by atoms with Crippen molar-refractivity contribution in [1.82, 2.24) is 4.31 Å². The average molecular weight is 337 g/mol. The molecule has 1 heterocycles. The first-order valence-corrected chi connectivity index (χ1v) is 8.32. The van der Waals surface area contributed by atoms with Gasteiger partial charge in [-0.25, -0.2) is 8.42 Å². The van der Waals surface area contributed by atoms with E-state index in [1.54, 1.807) is 0 Å². The van der Waals surface area contributed by atoms with Crippen LogP contribution in [0.15, 0.2) is 17.0 Å². The molecule has 5 nitrogen and oxygen atoms in total. The summed E-state index contributed by atoms with van der Waals surface area (Å²) in [6.45, 7) is 0.903. The average Bonchev–Trinajstić information content (AvgIpc) is 2.39. The maximum Gasteiger partial charge on any atom is 0.250 e. The molecule has 0 saturated carbocycles. The van der Waals surface area contributed by atoms with Gasteiger partial charge in [0.05, 0.1) is 15.6 Å². The van der Waals surface area contributed by atoms with Gasteiger partial charge in [-0.15, -0.1) is 0 Å². The van der Waals surface area contributed by atoms with Crippen molar-refractivity contribution in [1.29, 1.82) is 0 Å². The smallest absolute Gasteiger partial charge is 0.250 e. The Kier molecular flexibility index (Phi) is 4.59. The van der Waals surface area contributed by atoms with Gasteiger partial charge in [0.15, 0.2) is 0 Å². The third-order valence-electron chi connectivity index (χ3n) is 3.22. The van der Waals surface area contributed by atoms with Gasteiger partial charge in [-0.3, -0.25) is 4.79 Å². The fraction of sp³-hybridized carbons (Fsp3) is 0.417. The van der Waals surface area contributed by atoms with Crippen molar-refractivity contribution in [3.8, 4) is 0 Å². The number of carbonyl (C=O) groups is 1. The van der Waals surface area contributed by atoms with Gasteiger partial charge in [0.25, 0.3) is 0 Å². The predicted molar refractivity (Wildman–Crippen MR) is 77.6 cm³/mol. The van der Waals surface area contributed by atoms with Crippen LogP contribution in [0.25, 0.3) is 0 Å². The molecule has 0 atom stereocenters. The Labute approximate surface area is 127 Å². The lowest BCUT2D eigenvalue weighted by molar-refractivity contribution is 0.1000. The molecule has 1 amide bonds. The molecular weight excluding hydrogens is 323 g/mol. The number of hydrogen-bond donors (Lipinski definition) is 1. The number of rotatable bonds is 3. The van der Waals surface area contributed by atoms with E-state index >= 15 is 0 Å². The Bertz CT molecular complexity index is 640. The molecule has 110 valence electrons. The fourth-order valence-corrected chi connectivity index (χ4v) is 4.52. The molecule has 1 aromatic rings. The second kappa shape index (κ2) is 5.89. The van der Waals surface area contributed by atoms with Gasteiger partial charge in [0.1, 0.15) is 4.90 Å². The number of halogens is 2. The molecule has 0 aliphatic carbocycles. The fourth-order valence-electron chi connectivity index (χ4n) is 2.16.